The molecule has 0 bridgehead atoms. The number of hydrogen-bond acceptors (Lipinski definition) is 5. The van der Waals surface area contributed by atoms with E-state index in [9.17, 15) is 9.59 Å². The lowest BCUT2D eigenvalue weighted by atomic mass is 10.1. The van der Waals surface area contributed by atoms with Gasteiger partial charge < -0.3 is 14.2 Å². The molecule has 0 aromatic carbocycles. The van der Waals surface area contributed by atoms with Gasteiger partial charge in [0.15, 0.2) is 6.10 Å². The Balaban J connectivity index is 4.29. The van der Waals surface area contributed by atoms with Gasteiger partial charge in [0.25, 0.3) is 0 Å². The number of ether oxygens (including phenoxy) is 3. The molecule has 0 saturated heterocycles. The summed E-state index contributed by atoms with van der Waals surface area (Å²) in [5, 5.41) is 0. The van der Waals surface area contributed by atoms with Gasteiger partial charge in [0.05, 0.1) is 6.61 Å². The Kier molecular flexibility index (Phi) is 56.8. The summed E-state index contributed by atoms with van der Waals surface area (Å²) < 4.78 is 17.5. The number of rotatable bonds is 55. The van der Waals surface area contributed by atoms with E-state index < -0.39 is 6.10 Å². The molecule has 0 heterocycles. The van der Waals surface area contributed by atoms with E-state index in [1.807, 2.05) is 0 Å². The zero-order valence-corrected chi connectivity index (χ0v) is 45.6. The van der Waals surface area contributed by atoms with Crippen molar-refractivity contribution in [1.29, 1.82) is 0 Å². The molecule has 5 nitrogen and oxygen atoms in total. The van der Waals surface area contributed by atoms with Crippen LogP contribution in [0.25, 0.3) is 0 Å². The highest BCUT2D eigenvalue weighted by Crippen LogP contribution is 2.15. The molecule has 0 N–H and O–H groups in total. The third kappa shape index (κ3) is 56.2. The monoisotopic (exact) mass is 951 g/mol. The molecular formula is C63H114O5. The topological polar surface area (TPSA) is 61.8 Å². The van der Waals surface area contributed by atoms with Crippen molar-refractivity contribution in [3.05, 3.63) is 60.8 Å². The SMILES string of the molecule is CCCCC/C=C\C/C=C\C/C=C\CCCCCCCCC(=O)OCC(COCCCCCCCCCC/C=C\CCCCCCCC)OC(=O)CCCCCCC/C=C\CCCCCCCC. The minimum absolute atomic E-state index is 0.0747. The summed E-state index contributed by atoms with van der Waals surface area (Å²) in [5.74, 6) is -0.411. The quantitative estimate of drug-likeness (QED) is 0.0345. The van der Waals surface area contributed by atoms with Crippen molar-refractivity contribution < 1.29 is 23.8 Å². The first-order chi connectivity index (χ1) is 33.6. The van der Waals surface area contributed by atoms with Crippen molar-refractivity contribution in [3.63, 3.8) is 0 Å². The second kappa shape index (κ2) is 58.9. The van der Waals surface area contributed by atoms with Crippen LogP contribution in [0.2, 0.25) is 0 Å². The Hall–Kier alpha value is -2.40. The van der Waals surface area contributed by atoms with Crippen LogP contribution in [0.3, 0.4) is 0 Å². The van der Waals surface area contributed by atoms with Crippen molar-refractivity contribution in [2.45, 2.75) is 309 Å². The van der Waals surface area contributed by atoms with Gasteiger partial charge in [-0.15, -0.1) is 0 Å². The van der Waals surface area contributed by atoms with Crippen LogP contribution in [0.5, 0.6) is 0 Å². The van der Waals surface area contributed by atoms with Crippen molar-refractivity contribution in [3.8, 4) is 0 Å². The number of hydrogen-bond donors (Lipinski definition) is 0. The molecule has 396 valence electrons. The summed E-state index contributed by atoms with van der Waals surface area (Å²) in [6.07, 6.45) is 75.2. The molecule has 1 atom stereocenters. The third-order valence-electron chi connectivity index (χ3n) is 13.0. The van der Waals surface area contributed by atoms with E-state index >= 15 is 0 Å². The molecule has 0 amide bonds. The van der Waals surface area contributed by atoms with Crippen molar-refractivity contribution in [2.24, 2.45) is 0 Å². The Bertz CT molecular complexity index is 1170. The molecule has 0 radical (unpaired) electrons. The summed E-state index contributed by atoms with van der Waals surface area (Å²) in [6.45, 7) is 7.80. The number of carbonyl (C=O) groups excluding carboxylic acids is 2. The molecule has 68 heavy (non-hydrogen) atoms. The zero-order valence-electron chi connectivity index (χ0n) is 45.6. The van der Waals surface area contributed by atoms with Gasteiger partial charge >= 0.3 is 11.9 Å². The fourth-order valence-corrected chi connectivity index (χ4v) is 8.51. The Labute approximate surface area is 424 Å². The van der Waals surface area contributed by atoms with Crippen LogP contribution in [-0.2, 0) is 23.8 Å². The number of esters is 2. The van der Waals surface area contributed by atoms with Gasteiger partial charge in [0, 0.05) is 19.4 Å². The van der Waals surface area contributed by atoms with E-state index in [4.69, 9.17) is 14.2 Å². The first-order valence-corrected chi connectivity index (χ1v) is 29.8. The number of allylic oxidation sites excluding steroid dienone is 10. The minimum Gasteiger partial charge on any atom is -0.462 e. The summed E-state index contributed by atoms with van der Waals surface area (Å²) in [5.41, 5.74) is 0. The lowest BCUT2D eigenvalue weighted by Crippen LogP contribution is -2.30. The predicted molar refractivity (Wildman–Crippen MR) is 298 cm³/mol. The van der Waals surface area contributed by atoms with Crippen LogP contribution in [-0.4, -0.2) is 37.9 Å². The maximum Gasteiger partial charge on any atom is 0.306 e. The molecule has 0 aliphatic carbocycles. The first-order valence-electron chi connectivity index (χ1n) is 29.8. The van der Waals surface area contributed by atoms with E-state index in [0.29, 0.717) is 19.4 Å². The standard InChI is InChI=1S/C63H114O5/c1-4-7-10-13-16-19-22-25-28-30-32-33-36-38-41-44-47-50-53-56-62(64)67-60-61(68-63(65)57-54-51-48-45-42-39-35-27-24-21-18-15-12-9-6-3)59-66-58-55-52-49-46-43-40-37-34-31-29-26-23-20-17-14-11-8-5-2/h16,19,25-29,32-33,35,61H,4-15,17-18,20-24,30-31,34,36-60H2,1-3H3/b19-16-,28-25-,29-26-,33-32-,35-27-. The lowest BCUT2D eigenvalue weighted by Gasteiger charge is -2.18. The average molecular weight is 952 g/mol. The maximum atomic E-state index is 12.9. The summed E-state index contributed by atoms with van der Waals surface area (Å²) in [6, 6.07) is 0. The Morgan fingerprint density at radius 1 is 0.324 bits per heavy atom. The predicted octanol–water partition coefficient (Wildman–Crippen LogP) is 20.5. The van der Waals surface area contributed by atoms with E-state index in [2.05, 4.69) is 81.5 Å². The van der Waals surface area contributed by atoms with E-state index in [1.54, 1.807) is 0 Å². The molecule has 1 unspecified atom stereocenters. The number of unbranched alkanes of at least 4 members (excludes halogenated alkanes) is 34. The molecule has 0 spiro atoms. The van der Waals surface area contributed by atoms with Gasteiger partial charge in [0.2, 0.25) is 0 Å². The molecule has 0 saturated carbocycles. The van der Waals surface area contributed by atoms with Crippen LogP contribution in [0.15, 0.2) is 60.8 Å². The fraction of sp³-hybridized carbons (Fsp3) is 0.810. The summed E-state index contributed by atoms with van der Waals surface area (Å²) in [4.78, 5) is 25.5. The second-order valence-electron chi connectivity index (χ2n) is 19.9. The highest BCUT2D eigenvalue weighted by Gasteiger charge is 2.17. The van der Waals surface area contributed by atoms with Crippen molar-refractivity contribution in [2.75, 3.05) is 19.8 Å². The van der Waals surface area contributed by atoms with Gasteiger partial charge in [-0.3, -0.25) is 9.59 Å². The molecular weight excluding hydrogens is 837 g/mol. The molecule has 0 aromatic heterocycles. The molecule has 0 aromatic rings. The normalized spacial score (nSPS) is 12.6. The summed E-state index contributed by atoms with van der Waals surface area (Å²) in [7, 11) is 0. The molecule has 5 heteroatoms. The van der Waals surface area contributed by atoms with Crippen LogP contribution >= 0.6 is 0 Å². The average Bonchev–Trinajstić information content (AvgIpc) is 3.34. The first kappa shape index (κ1) is 65.6. The van der Waals surface area contributed by atoms with E-state index in [-0.39, 0.29) is 25.2 Å². The minimum atomic E-state index is -0.549. The second-order valence-corrected chi connectivity index (χ2v) is 19.9. The van der Waals surface area contributed by atoms with Gasteiger partial charge in [-0.05, 0) is 109 Å². The largest absolute Gasteiger partial charge is 0.462 e. The van der Waals surface area contributed by atoms with Crippen LogP contribution in [0, 0.1) is 0 Å². The van der Waals surface area contributed by atoms with Gasteiger partial charge in [-0.1, -0.05) is 242 Å². The van der Waals surface area contributed by atoms with E-state index in [1.165, 1.54) is 193 Å². The van der Waals surface area contributed by atoms with Crippen molar-refractivity contribution >= 4 is 11.9 Å². The molecule has 0 rings (SSSR count). The van der Waals surface area contributed by atoms with Crippen LogP contribution < -0.4 is 0 Å². The zero-order chi connectivity index (χ0) is 49.2. The van der Waals surface area contributed by atoms with Crippen LogP contribution in [0.1, 0.15) is 303 Å². The maximum absolute atomic E-state index is 12.9. The van der Waals surface area contributed by atoms with Gasteiger partial charge in [-0.25, -0.2) is 0 Å². The lowest BCUT2D eigenvalue weighted by molar-refractivity contribution is -0.163. The van der Waals surface area contributed by atoms with Crippen LogP contribution in [0.4, 0.5) is 0 Å². The molecule has 0 aliphatic heterocycles. The third-order valence-corrected chi connectivity index (χ3v) is 13.0. The molecule has 0 aliphatic rings. The Morgan fingerprint density at radius 2 is 0.618 bits per heavy atom. The summed E-state index contributed by atoms with van der Waals surface area (Å²) >= 11 is 0. The number of carbonyl (C=O) groups is 2. The van der Waals surface area contributed by atoms with Crippen molar-refractivity contribution in [1.82, 2.24) is 0 Å². The fourth-order valence-electron chi connectivity index (χ4n) is 8.51. The smallest absolute Gasteiger partial charge is 0.306 e. The highest BCUT2D eigenvalue weighted by atomic mass is 16.6. The van der Waals surface area contributed by atoms with Gasteiger partial charge in [-0.2, -0.15) is 0 Å². The van der Waals surface area contributed by atoms with Gasteiger partial charge in [0.1, 0.15) is 6.61 Å². The highest BCUT2D eigenvalue weighted by molar-refractivity contribution is 5.70. The molecule has 0 fully saturated rings. The van der Waals surface area contributed by atoms with E-state index in [0.717, 1.165) is 77.0 Å². The Morgan fingerprint density at radius 3 is 1.03 bits per heavy atom.